The molecule has 0 bridgehead atoms. The number of nitrogens with zero attached hydrogens (tertiary/aromatic N) is 2. The van der Waals surface area contributed by atoms with Crippen LogP contribution in [0.1, 0.15) is 29.5 Å². The molecule has 5 heteroatoms. The third kappa shape index (κ3) is 6.64. The van der Waals surface area contributed by atoms with Crippen LogP contribution in [0.4, 0.5) is 0 Å². The highest BCUT2D eigenvalue weighted by atomic mass is 16.5. The summed E-state index contributed by atoms with van der Waals surface area (Å²) in [7, 11) is 4.11. The zero-order valence-electron chi connectivity index (χ0n) is 18.3. The molecule has 0 spiro atoms. The Morgan fingerprint density at radius 1 is 1.03 bits per heavy atom. The topological polar surface area (TPSA) is 58.7 Å². The van der Waals surface area contributed by atoms with Gasteiger partial charge in [-0.05, 0) is 76.8 Å². The van der Waals surface area contributed by atoms with Crippen molar-refractivity contribution in [2.75, 3.05) is 27.2 Å². The van der Waals surface area contributed by atoms with E-state index >= 15 is 0 Å². The van der Waals surface area contributed by atoms with Crippen LogP contribution >= 0.6 is 0 Å². The van der Waals surface area contributed by atoms with Crippen LogP contribution in [0.15, 0.2) is 46.9 Å². The minimum Gasteiger partial charge on any atom is -0.507 e. The molecule has 3 rings (SSSR count). The Balaban J connectivity index is 0.000000537. The highest BCUT2D eigenvalue weighted by Crippen LogP contribution is 2.29. The first-order valence-corrected chi connectivity index (χ1v) is 9.91. The molecule has 29 heavy (non-hydrogen) atoms. The van der Waals surface area contributed by atoms with Gasteiger partial charge in [-0.3, -0.25) is 0 Å². The number of aromatic hydroxyl groups is 1. The van der Waals surface area contributed by atoms with Gasteiger partial charge in [0.1, 0.15) is 17.3 Å². The van der Waals surface area contributed by atoms with Crippen molar-refractivity contribution in [3.63, 3.8) is 0 Å². The first-order valence-electron chi connectivity index (χ1n) is 9.91. The van der Waals surface area contributed by atoms with E-state index in [1.807, 2.05) is 63.2 Å². The molecule has 0 aliphatic heterocycles. The molecule has 2 aromatic carbocycles. The largest absolute Gasteiger partial charge is 0.507 e. The van der Waals surface area contributed by atoms with Crippen LogP contribution in [0.5, 0.6) is 11.5 Å². The van der Waals surface area contributed by atoms with Crippen LogP contribution in [0.3, 0.4) is 0 Å². The maximum absolute atomic E-state index is 9.89. The lowest BCUT2D eigenvalue weighted by Crippen LogP contribution is -2.08. The van der Waals surface area contributed by atoms with E-state index in [0.717, 1.165) is 40.4 Å². The first-order chi connectivity index (χ1) is 13.8. The molecule has 1 heterocycles. The fraction of sp³-hybridized carbons (Fsp3) is 0.375. The Kier molecular flexibility index (Phi) is 8.28. The average molecular weight is 397 g/mol. The van der Waals surface area contributed by atoms with Crippen molar-refractivity contribution < 1.29 is 14.3 Å². The van der Waals surface area contributed by atoms with Crippen molar-refractivity contribution in [2.45, 2.75) is 34.1 Å². The molecule has 0 aliphatic rings. The second-order valence-corrected chi connectivity index (χ2v) is 7.29. The Morgan fingerprint density at radius 3 is 2.17 bits per heavy atom. The molecule has 0 atom stereocenters. The number of oxazole rings is 1. The number of phenols is 1. The predicted molar refractivity (Wildman–Crippen MR) is 118 cm³/mol. The smallest absolute Gasteiger partial charge is 0.226 e. The van der Waals surface area contributed by atoms with E-state index in [2.05, 4.69) is 30.9 Å². The monoisotopic (exact) mass is 396 g/mol. The summed E-state index contributed by atoms with van der Waals surface area (Å²) in [4.78, 5) is 6.72. The van der Waals surface area contributed by atoms with E-state index in [1.165, 1.54) is 0 Å². The van der Waals surface area contributed by atoms with E-state index in [-0.39, 0.29) is 0 Å². The average Bonchev–Trinajstić information content (AvgIpc) is 3.07. The lowest BCUT2D eigenvalue weighted by atomic mass is 10.1. The summed E-state index contributed by atoms with van der Waals surface area (Å²) in [6, 6.07) is 13.5. The highest BCUT2D eigenvalue weighted by molar-refractivity contribution is 5.60. The van der Waals surface area contributed by atoms with Crippen molar-refractivity contribution in [2.24, 2.45) is 0 Å². The number of hydrogen-bond donors (Lipinski definition) is 1. The van der Waals surface area contributed by atoms with Gasteiger partial charge in [-0.2, -0.15) is 0 Å². The second-order valence-electron chi connectivity index (χ2n) is 7.29. The maximum atomic E-state index is 9.89. The van der Waals surface area contributed by atoms with Crippen molar-refractivity contribution in [1.29, 1.82) is 0 Å². The van der Waals surface area contributed by atoms with Gasteiger partial charge in [0.2, 0.25) is 5.89 Å². The number of rotatable bonds is 6. The number of benzene rings is 2. The standard InChI is InChI=1S/C20H21NO3.C4H11N/c1-13-11-16(12-14(2)19(13)22)20-21-18(15(3)24-20)9-10-23-17-7-5-4-6-8-17;1-4-5(2)3/h4-8,11-12,22H,9-10H2,1-3H3;4H2,1-3H3. The lowest BCUT2D eigenvalue weighted by Gasteiger charge is -2.05. The minimum absolute atomic E-state index is 0.318. The number of hydrogen-bond acceptors (Lipinski definition) is 5. The van der Waals surface area contributed by atoms with Gasteiger partial charge in [0, 0.05) is 12.0 Å². The molecule has 0 saturated heterocycles. The van der Waals surface area contributed by atoms with E-state index in [1.54, 1.807) is 0 Å². The van der Waals surface area contributed by atoms with Gasteiger partial charge < -0.3 is 19.2 Å². The van der Waals surface area contributed by atoms with Crippen molar-refractivity contribution >= 4 is 0 Å². The summed E-state index contributed by atoms with van der Waals surface area (Å²) >= 11 is 0. The molecule has 3 aromatic rings. The quantitative estimate of drug-likeness (QED) is 0.623. The van der Waals surface area contributed by atoms with E-state index in [4.69, 9.17) is 9.15 Å². The van der Waals surface area contributed by atoms with Gasteiger partial charge in [-0.25, -0.2) is 4.98 Å². The van der Waals surface area contributed by atoms with Gasteiger partial charge in [-0.15, -0.1) is 0 Å². The molecule has 0 amide bonds. The fourth-order valence-corrected chi connectivity index (χ4v) is 2.65. The molecule has 0 radical (unpaired) electrons. The zero-order valence-corrected chi connectivity index (χ0v) is 18.3. The van der Waals surface area contributed by atoms with Crippen LogP contribution in [0.25, 0.3) is 11.5 Å². The van der Waals surface area contributed by atoms with Crippen LogP contribution < -0.4 is 4.74 Å². The SMILES string of the molecule is CCN(C)C.Cc1cc(-c2nc(CCOc3ccccc3)c(C)o2)cc(C)c1O. The molecular formula is C24H32N2O3. The number of aromatic nitrogens is 1. The van der Waals surface area contributed by atoms with Crippen molar-refractivity contribution in [3.8, 4) is 23.0 Å². The van der Waals surface area contributed by atoms with Gasteiger partial charge >= 0.3 is 0 Å². The molecule has 0 saturated carbocycles. The van der Waals surface area contributed by atoms with Gasteiger partial charge in [-0.1, -0.05) is 25.1 Å². The van der Waals surface area contributed by atoms with E-state index < -0.39 is 0 Å². The molecule has 0 unspecified atom stereocenters. The Hall–Kier alpha value is -2.79. The molecule has 1 aromatic heterocycles. The zero-order chi connectivity index (χ0) is 21.4. The van der Waals surface area contributed by atoms with E-state index in [9.17, 15) is 5.11 Å². The van der Waals surface area contributed by atoms with Crippen LogP contribution in [0.2, 0.25) is 0 Å². The number of ether oxygens (including phenoxy) is 1. The van der Waals surface area contributed by atoms with Crippen LogP contribution in [-0.2, 0) is 6.42 Å². The molecule has 1 N–H and O–H groups in total. The number of para-hydroxylation sites is 1. The Labute approximate surface area is 174 Å². The van der Waals surface area contributed by atoms with Gasteiger partial charge in [0.05, 0.1) is 12.3 Å². The van der Waals surface area contributed by atoms with Crippen LogP contribution in [0, 0.1) is 20.8 Å². The summed E-state index contributed by atoms with van der Waals surface area (Å²) in [6.07, 6.45) is 0.681. The number of phenolic OH excluding ortho intramolecular Hbond substituents is 1. The summed E-state index contributed by atoms with van der Waals surface area (Å²) in [5, 5.41) is 9.89. The van der Waals surface area contributed by atoms with Crippen LogP contribution in [-0.4, -0.2) is 42.2 Å². The third-order valence-corrected chi connectivity index (χ3v) is 4.61. The maximum Gasteiger partial charge on any atom is 0.226 e. The first kappa shape index (κ1) is 22.5. The highest BCUT2D eigenvalue weighted by Gasteiger charge is 2.14. The van der Waals surface area contributed by atoms with Crippen molar-refractivity contribution in [3.05, 3.63) is 65.0 Å². The molecule has 5 nitrogen and oxygen atoms in total. The third-order valence-electron chi connectivity index (χ3n) is 4.61. The van der Waals surface area contributed by atoms with Crippen molar-refractivity contribution in [1.82, 2.24) is 9.88 Å². The Morgan fingerprint density at radius 2 is 1.62 bits per heavy atom. The molecular weight excluding hydrogens is 364 g/mol. The Bertz CT molecular complexity index is 879. The normalized spacial score (nSPS) is 10.6. The second kappa shape index (κ2) is 10.7. The minimum atomic E-state index is 0.318. The molecule has 0 fully saturated rings. The summed E-state index contributed by atoms with van der Waals surface area (Å²) in [5.74, 6) is 2.54. The molecule has 156 valence electrons. The summed E-state index contributed by atoms with van der Waals surface area (Å²) < 4.78 is 11.5. The lowest BCUT2D eigenvalue weighted by molar-refractivity contribution is 0.320. The van der Waals surface area contributed by atoms with Gasteiger partial charge in [0.15, 0.2) is 0 Å². The van der Waals surface area contributed by atoms with Gasteiger partial charge in [0.25, 0.3) is 0 Å². The summed E-state index contributed by atoms with van der Waals surface area (Å²) in [6.45, 7) is 9.46. The van der Waals surface area contributed by atoms with E-state index in [0.29, 0.717) is 24.7 Å². The number of aryl methyl sites for hydroxylation is 3. The molecule has 0 aliphatic carbocycles. The predicted octanol–water partition coefficient (Wildman–Crippen LogP) is 5.16. The fourth-order valence-electron chi connectivity index (χ4n) is 2.65. The summed E-state index contributed by atoms with van der Waals surface area (Å²) in [5.41, 5.74) is 3.40.